The molecule has 12 heteroatoms. The summed E-state index contributed by atoms with van der Waals surface area (Å²) >= 11 is 0. The zero-order valence-corrected chi connectivity index (χ0v) is 23.8. The van der Waals surface area contributed by atoms with Gasteiger partial charge in [0.1, 0.15) is 0 Å². The Balaban J connectivity index is 1.15. The van der Waals surface area contributed by atoms with Crippen LogP contribution in [0.5, 0.6) is 0 Å². The Bertz CT molecular complexity index is 1310. The van der Waals surface area contributed by atoms with Crippen LogP contribution in [0.15, 0.2) is 29.2 Å². The van der Waals surface area contributed by atoms with E-state index in [0.717, 1.165) is 42.6 Å². The monoisotopic (exact) mass is 574 g/mol. The molecule has 0 bridgehead atoms. The Morgan fingerprint density at radius 1 is 1.07 bits per heavy atom. The molecule has 1 aromatic carbocycles. The summed E-state index contributed by atoms with van der Waals surface area (Å²) in [5.41, 5.74) is 2.84. The molecule has 11 nitrogen and oxygen atoms in total. The maximum atomic E-state index is 13.0. The van der Waals surface area contributed by atoms with Crippen molar-refractivity contribution in [2.24, 2.45) is 5.41 Å². The van der Waals surface area contributed by atoms with Crippen LogP contribution in [0.1, 0.15) is 64.7 Å². The van der Waals surface area contributed by atoms with Gasteiger partial charge in [0.05, 0.1) is 47.2 Å². The van der Waals surface area contributed by atoms with Gasteiger partial charge in [-0.3, -0.25) is 9.48 Å². The number of fused-ring (bicyclic) bond motifs is 1. The average molecular weight is 575 g/mol. The number of aryl methyl sites for hydroxylation is 2. The summed E-state index contributed by atoms with van der Waals surface area (Å²) in [5.74, 6) is -0.533. The van der Waals surface area contributed by atoms with Gasteiger partial charge in [-0.05, 0) is 68.2 Å². The molecule has 0 atom stereocenters. The van der Waals surface area contributed by atoms with Crippen molar-refractivity contribution < 1.29 is 32.2 Å². The molecule has 5 rings (SSSR count). The number of aromatic nitrogens is 2. The lowest BCUT2D eigenvalue weighted by Gasteiger charge is -2.36. The molecule has 40 heavy (non-hydrogen) atoms. The number of ether oxygens (including phenoxy) is 3. The fourth-order valence-corrected chi connectivity index (χ4v) is 7.08. The molecule has 3 aliphatic heterocycles. The standard InChI is InChI=1S/C28H38N4O7S/c1-2-23-25-24(19-28(20-29-26(25)33)9-15-37-16-10-28)32(30-23)11-3-4-14-39-27(34)21-5-7-22(8-6-21)40(35,36)31-12-17-38-18-13-31/h5-8H,2-4,9-20H2,1H3,(H,29,33). The second-order valence-electron chi connectivity index (χ2n) is 10.7. The van der Waals surface area contributed by atoms with Crippen molar-refractivity contribution in [2.75, 3.05) is 52.7 Å². The van der Waals surface area contributed by atoms with E-state index >= 15 is 0 Å². The first-order chi connectivity index (χ1) is 19.3. The number of sulfonamides is 1. The van der Waals surface area contributed by atoms with Crippen LogP contribution in [0.2, 0.25) is 0 Å². The zero-order chi connectivity index (χ0) is 28.2. The van der Waals surface area contributed by atoms with Crippen molar-refractivity contribution >= 4 is 21.9 Å². The van der Waals surface area contributed by atoms with E-state index in [0.29, 0.717) is 71.0 Å². The van der Waals surface area contributed by atoms with E-state index in [1.807, 2.05) is 11.6 Å². The third-order valence-electron chi connectivity index (χ3n) is 8.11. The van der Waals surface area contributed by atoms with Crippen molar-refractivity contribution in [3.8, 4) is 0 Å². The fourth-order valence-electron chi connectivity index (χ4n) is 5.67. The maximum Gasteiger partial charge on any atom is 0.338 e. The van der Waals surface area contributed by atoms with Gasteiger partial charge in [-0.15, -0.1) is 0 Å². The number of carbonyl (C=O) groups excluding carboxylic acids is 2. The molecule has 4 heterocycles. The van der Waals surface area contributed by atoms with Gasteiger partial charge in [-0.2, -0.15) is 9.40 Å². The van der Waals surface area contributed by atoms with E-state index in [1.165, 1.54) is 28.6 Å². The first-order valence-corrected chi connectivity index (χ1v) is 15.6. The smallest absolute Gasteiger partial charge is 0.338 e. The summed E-state index contributed by atoms with van der Waals surface area (Å²) in [4.78, 5) is 25.7. The summed E-state index contributed by atoms with van der Waals surface area (Å²) < 4.78 is 45.2. The highest BCUT2D eigenvalue weighted by atomic mass is 32.2. The van der Waals surface area contributed by atoms with E-state index in [-0.39, 0.29) is 22.8 Å². The third kappa shape index (κ3) is 6.09. The van der Waals surface area contributed by atoms with Crippen LogP contribution in [0.4, 0.5) is 0 Å². The molecular formula is C28H38N4O7S. The van der Waals surface area contributed by atoms with Gasteiger partial charge in [-0.25, -0.2) is 13.2 Å². The van der Waals surface area contributed by atoms with Gasteiger partial charge in [-0.1, -0.05) is 6.92 Å². The van der Waals surface area contributed by atoms with Crippen molar-refractivity contribution in [3.05, 3.63) is 46.8 Å². The lowest BCUT2D eigenvalue weighted by atomic mass is 9.76. The van der Waals surface area contributed by atoms with E-state index in [4.69, 9.17) is 19.3 Å². The minimum Gasteiger partial charge on any atom is -0.462 e. The van der Waals surface area contributed by atoms with Gasteiger partial charge in [0.15, 0.2) is 0 Å². The summed E-state index contributed by atoms with van der Waals surface area (Å²) in [6.07, 6.45) is 4.67. The number of morpholine rings is 1. The number of rotatable bonds is 9. The zero-order valence-electron chi connectivity index (χ0n) is 23.0. The molecule has 1 N–H and O–H groups in total. The summed E-state index contributed by atoms with van der Waals surface area (Å²) in [7, 11) is -3.62. The highest BCUT2D eigenvalue weighted by Gasteiger charge is 2.39. The lowest BCUT2D eigenvalue weighted by molar-refractivity contribution is 0.0152. The second kappa shape index (κ2) is 12.4. The molecule has 0 saturated carbocycles. The molecule has 1 aromatic heterocycles. The number of nitrogens with one attached hydrogen (secondary N) is 1. The van der Waals surface area contributed by atoms with Crippen molar-refractivity contribution in [2.45, 2.75) is 56.9 Å². The SMILES string of the molecule is CCc1nn(CCCCOC(=O)c2ccc(S(=O)(=O)N3CCOCC3)cc2)c2c1C(=O)NCC1(CCOCC1)C2. The molecule has 0 aliphatic carbocycles. The predicted molar refractivity (Wildman–Crippen MR) is 146 cm³/mol. The molecule has 1 spiro atoms. The number of carbonyl (C=O) groups is 2. The lowest BCUT2D eigenvalue weighted by Crippen LogP contribution is -2.40. The fraction of sp³-hybridized carbons (Fsp3) is 0.607. The molecule has 1 amide bonds. The van der Waals surface area contributed by atoms with Crippen LogP contribution >= 0.6 is 0 Å². The number of unbranched alkanes of at least 4 members (excludes halogenated alkanes) is 1. The number of amides is 1. The average Bonchev–Trinajstić information content (AvgIpc) is 3.26. The molecule has 0 unspecified atom stereocenters. The van der Waals surface area contributed by atoms with Crippen LogP contribution in [0, 0.1) is 5.41 Å². The Hall–Kier alpha value is -2.80. The molecule has 218 valence electrons. The number of hydrogen-bond acceptors (Lipinski definition) is 8. The normalized spacial score (nSPS) is 19.6. The molecule has 2 saturated heterocycles. The first kappa shape index (κ1) is 28.7. The van der Waals surface area contributed by atoms with E-state index < -0.39 is 16.0 Å². The van der Waals surface area contributed by atoms with Crippen LogP contribution in [0.3, 0.4) is 0 Å². The highest BCUT2D eigenvalue weighted by Crippen LogP contribution is 2.37. The van der Waals surface area contributed by atoms with E-state index in [1.54, 1.807) is 0 Å². The van der Waals surface area contributed by atoms with Gasteiger partial charge >= 0.3 is 5.97 Å². The van der Waals surface area contributed by atoms with Crippen LogP contribution < -0.4 is 5.32 Å². The maximum absolute atomic E-state index is 13.0. The van der Waals surface area contributed by atoms with E-state index in [2.05, 4.69) is 5.32 Å². The number of esters is 1. The van der Waals surface area contributed by atoms with Crippen LogP contribution in [0.25, 0.3) is 0 Å². The molecule has 0 radical (unpaired) electrons. The predicted octanol–water partition coefficient (Wildman–Crippen LogP) is 2.19. The Morgan fingerprint density at radius 2 is 1.77 bits per heavy atom. The minimum atomic E-state index is -3.62. The quantitative estimate of drug-likeness (QED) is 0.357. The molecule has 3 aliphatic rings. The van der Waals surface area contributed by atoms with Gasteiger partial charge < -0.3 is 19.5 Å². The van der Waals surface area contributed by atoms with Crippen LogP contribution in [-0.4, -0.2) is 87.0 Å². The van der Waals surface area contributed by atoms with Crippen molar-refractivity contribution in [3.63, 3.8) is 0 Å². The molecule has 2 aromatic rings. The number of nitrogens with zero attached hydrogens (tertiary/aromatic N) is 3. The van der Waals surface area contributed by atoms with Gasteiger partial charge in [0, 0.05) is 39.4 Å². The number of benzene rings is 1. The summed E-state index contributed by atoms with van der Waals surface area (Å²) in [6, 6.07) is 5.85. The molecule has 2 fully saturated rings. The molecular weight excluding hydrogens is 536 g/mol. The second-order valence-corrected chi connectivity index (χ2v) is 12.6. The largest absolute Gasteiger partial charge is 0.462 e. The van der Waals surface area contributed by atoms with E-state index in [9.17, 15) is 18.0 Å². The minimum absolute atomic E-state index is 0.00540. The van der Waals surface area contributed by atoms with Gasteiger partial charge in [0.2, 0.25) is 10.0 Å². The Morgan fingerprint density at radius 3 is 2.48 bits per heavy atom. The van der Waals surface area contributed by atoms with Crippen molar-refractivity contribution in [1.29, 1.82) is 0 Å². The van der Waals surface area contributed by atoms with Gasteiger partial charge in [0.25, 0.3) is 5.91 Å². The van der Waals surface area contributed by atoms with Crippen molar-refractivity contribution in [1.82, 2.24) is 19.4 Å². The van der Waals surface area contributed by atoms with Crippen LogP contribution in [-0.2, 0) is 43.6 Å². The summed E-state index contributed by atoms with van der Waals surface area (Å²) in [5, 5.41) is 7.92. The highest BCUT2D eigenvalue weighted by molar-refractivity contribution is 7.89. The summed E-state index contributed by atoms with van der Waals surface area (Å²) in [6.45, 7) is 6.33. The Kier molecular flexibility index (Phi) is 8.89. The number of hydrogen-bond donors (Lipinski definition) is 1. The Labute approximate surface area is 235 Å². The third-order valence-corrected chi connectivity index (χ3v) is 10.0. The first-order valence-electron chi connectivity index (χ1n) is 14.1. The topological polar surface area (TPSA) is 129 Å².